The summed E-state index contributed by atoms with van der Waals surface area (Å²) in [5.41, 5.74) is 8.13. The highest BCUT2D eigenvalue weighted by molar-refractivity contribution is 5.93. The Balaban J connectivity index is 1.98. The van der Waals surface area contributed by atoms with Crippen LogP contribution in [0.4, 0.5) is 5.69 Å². The summed E-state index contributed by atoms with van der Waals surface area (Å²) in [6.45, 7) is 1.11. The average Bonchev–Trinajstić information content (AvgIpc) is 2.82. The van der Waals surface area contributed by atoms with E-state index in [9.17, 15) is 4.79 Å². The van der Waals surface area contributed by atoms with E-state index in [1.54, 1.807) is 0 Å². The maximum Gasteiger partial charge on any atom is 0.227 e. The van der Waals surface area contributed by atoms with Gasteiger partial charge in [-0.1, -0.05) is 18.9 Å². The fraction of sp³-hybridized carbons (Fsp3) is 0.533. The molecule has 0 spiro atoms. The summed E-state index contributed by atoms with van der Waals surface area (Å²) >= 11 is 0. The van der Waals surface area contributed by atoms with Crippen LogP contribution in [-0.4, -0.2) is 19.1 Å². The van der Waals surface area contributed by atoms with Crippen molar-refractivity contribution in [3.63, 3.8) is 0 Å². The second kappa shape index (κ2) is 4.85. The highest BCUT2D eigenvalue weighted by Crippen LogP contribution is 2.42. The third-order valence-electron chi connectivity index (χ3n) is 4.40. The molecule has 0 aromatic heterocycles. The van der Waals surface area contributed by atoms with Gasteiger partial charge >= 0.3 is 0 Å². The lowest BCUT2D eigenvalue weighted by molar-refractivity contribution is -0.116. The molecule has 0 bridgehead atoms. The Hall–Kier alpha value is -1.55. The number of benzene rings is 1. The molecule has 1 saturated carbocycles. The van der Waals surface area contributed by atoms with Gasteiger partial charge in [-0.05, 0) is 30.5 Å². The van der Waals surface area contributed by atoms with Gasteiger partial charge in [0, 0.05) is 12.0 Å². The van der Waals surface area contributed by atoms with Crippen molar-refractivity contribution in [3.05, 3.63) is 23.8 Å². The van der Waals surface area contributed by atoms with Gasteiger partial charge in [0.05, 0.1) is 18.7 Å². The van der Waals surface area contributed by atoms with E-state index >= 15 is 0 Å². The predicted octanol–water partition coefficient (Wildman–Crippen LogP) is 2.18. The second-order valence-electron chi connectivity index (χ2n) is 5.55. The number of ether oxygens (including phenoxy) is 1. The number of rotatable bonds is 2. The first-order chi connectivity index (χ1) is 9.23. The minimum Gasteiger partial charge on any atom is -0.491 e. The Labute approximate surface area is 113 Å². The van der Waals surface area contributed by atoms with E-state index in [4.69, 9.17) is 10.5 Å². The molecule has 1 aliphatic heterocycles. The zero-order chi connectivity index (χ0) is 13.3. The third-order valence-corrected chi connectivity index (χ3v) is 4.40. The predicted molar refractivity (Wildman–Crippen MR) is 74.4 cm³/mol. The number of carbonyl (C=O) groups excluding carboxylic acids is 1. The highest BCUT2D eigenvalue weighted by Gasteiger charge is 2.34. The molecule has 102 valence electrons. The normalized spacial score (nSPS) is 21.2. The molecule has 2 aliphatic rings. The molecule has 1 amide bonds. The molecule has 0 unspecified atom stereocenters. The van der Waals surface area contributed by atoms with E-state index in [0.29, 0.717) is 19.6 Å². The number of fused-ring (bicyclic) bond motifs is 1. The maximum atomic E-state index is 11.6. The maximum absolute atomic E-state index is 11.6. The van der Waals surface area contributed by atoms with Gasteiger partial charge in [0.1, 0.15) is 5.75 Å². The quantitative estimate of drug-likeness (QED) is 0.856. The molecular weight excluding hydrogens is 240 g/mol. The van der Waals surface area contributed by atoms with Crippen LogP contribution in [0.3, 0.4) is 0 Å². The van der Waals surface area contributed by atoms with Crippen molar-refractivity contribution in [1.82, 2.24) is 0 Å². The average molecular weight is 260 g/mol. The lowest BCUT2D eigenvalue weighted by Crippen LogP contribution is -2.32. The van der Waals surface area contributed by atoms with Crippen molar-refractivity contribution in [2.45, 2.75) is 37.5 Å². The Kier molecular flexibility index (Phi) is 3.19. The molecule has 4 nitrogen and oxygen atoms in total. The second-order valence-corrected chi connectivity index (χ2v) is 5.55. The first-order valence-electron chi connectivity index (χ1n) is 7.01. The van der Waals surface area contributed by atoms with Gasteiger partial charge in [-0.25, -0.2) is 0 Å². The first-order valence-corrected chi connectivity index (χ1v) is 7.01. The van der Waals surface area contributed by atoms with Crippen molar-refractivity contribution in [2.75, 3.05) is 18.5 Å². The van der Waals surface area contributed by atoms with Crippen LogP contribution in [0.15, 0.2) is 18.2 Å². The fourth-order valence-corrected chi connectivity index (χ4v) is 3.21. The molecular formula is C15H20N2O2. The van der Waals surface area contributed by atoms with Gasteiger partial charge in [-0.3, -0.25) is 4.79 Å². The zero-order valence-corrected chi connectivity index (χ0v) is 11.1. The van der Waals surface area contributed by atoms with Gasteiger partial charge in [0.2, 0.25) is 5.91 Å². The van der Waals surface area contributed by atoms with Crippen LogP contribution in [0.1, 0.15) is 37.7 Å². The number of anilines is 1. The number of nitrogens with two attached hydrogens (primary N) is 1. The molecule has 4 heteroatoms. The van der Waals surface area contributed by atoms with Crippen LogP contribution < -0.4 is 15.8 Å². The summed E-state index contributed by atoms with van der Waals surface area (Å²) in [6, 6.07) is 6.12. The van der Waals surface area contributed by atoms with Crippen LogP contribution in [0.2, 0.25) is 0 Å². The van der Waals surface area contributed by atoms with Crippen molar-refractivity contribution in [2.24, 2.45) is 5.73 Å². The Morgan fingerprint density at radius 3 is 2.84 bits per heavy atom. The van der Waals surface area contributed by atoms with E-state index in [2.05, 4.69) is 17.4 Å². The van der Waals surface area contributed by atoms with Gasteiger partial charge < -0.3 is 15.8 Å². The Bertz CT molecular complexity index is 493. The van der Waals surface area contributed by atoms with E-state index in [1.807, 2.05) is 6.07 Å². The summed E-state index contributed by atoms with van der Waals surface area (Å²) in [5, 5.41) is 2.92. The van der Waals surface area contributed by atoms with E-state index in [0.717, 1.165) is 24.3 Å². The molecule has 0 radical (unpaired) electrons. The summed E-state index contributed by atoms with van der Waals surface area (Å²) in [6.07, 6.45) is 5.15. The molecule has 3 N–H and O–H groups in total. The third kappa shape index (κ3) is 2.21. The van der Waals surface area contributed by atoms with Crippen LogP contribution in [0.5, 0.6) is 5.75 Å². The van der Waals surface area contributed by atoms with Gasteiger partial charge in [0.25, 0.3) is 0 Å². The van der Waals surface area contributed by atoms with Gasteiger partial charge in [-0.2, -0.15) is 0 Å². The topological polar surface area (TPSA) is 64.3 Å². The Morgan fingerprint density at radius 1 is 1.32 bits per heavy atom. The minimum atomic E-state index is 0.0177. The molecule has 1 aromatic carbocycles. The first kappa shape index (κ1) is 12.5. The molecule has 3 rings (SSSR count). The SMILES string of the molecule is NCC1(c2ccc3c(c2)NC(=O)CCO3)CCCC1. The summed E-state index contributed by atoms with van der Waals surface area (Å²) in [4.78, 5) is 11.6. The molecule has 1 heterocycles. The van der Waals surface area contributed by atoms with Crippen LogP contribution in [0.25, 0.3) is 0 Å². The number of amides is 1. The molecule has 0 saturated heterocycles. The van der Waals surface area contributed by atoms with Crippen molar-refractivity contribution >= 4 is 11.6 Å². The molecule has 1 aliphatic carbocycles. The summed E-state index contributed by atoms with van der Waals surface area (Å²) < 4.78 is 5.59. The van der Waals surface area contributed by atoms with E-state index in [-0.39, 0.29) is 11.3 Å². The lowest BCUT2D eigenvalue weighted by atomic mass is 9.79. The van der Waals surface area contributed by atoms with Crippen LogP contribution in [0, 0.1) is 0 Å². The van der Waals surface area contributed by atoms with Crippen molar-refractivity contribution in [1.29, 1.82) is 0 Å². The van der Waals surface area contributed by atoms with Gasteiger partial charge in [0.15, 0.2) is 0 Å². The van der Waals surface area contributed by atoms with Crippen LogP contribution >= 0.6 is 0 Å². The van der Waals surface area contributed by atoms with E-state index < -0.39 is 0 Å². The number of carbonyl (C=O) groups is 1. The molecule has 0 atom stereocenters. The number of hydrogen-bond acceptors (Lipinski definition) is 3. The smallest absolute Gasteiger partial charge is 0.227 e. The monoisotopic (exact) mass is 260 g/mol. The standard InChI is InChI=1S/C15H20N2O2/c16-10-15(6-1-2-7-15)11-3-4-13-12(9-11)17-14(18)5-8-19-13/h3-4,9H,1-2,5-8,10,16H2,(H,17,18). The minimum absolute atomic E-state index is 0.0177. The Morgan fingerprint density at radius 2 is 2.11 bits per heavy atom. The number of nitrogens with one attached hydrogen (secondary N) is 1. The van der Waals surface area contributed by atoms with Crippen molar-refractivity contribution in [3.8, 4) is 5.75 Å². The summed E-state index contributed by atoms with van der Waals surface area (Å²) in [7, 11) is 0. The zero-order valence-electron chi connectivity index (χ0n) is 11.1. The lowest BCUT2D eigenvalue weighted by Gasteiger charge is -2.28. The largest absolute Gasteiger partial charge is 0.491 e. The summed E-state index contributed by atoms with van der Waals surface area (Å²) in [5.74, 6) is 0.781. The molecule has 1 aromatic rings. The highest BCUT2D eigenvalue weighted by atomic mass is 16.5. The van der Waals surface area contributed by atoms with Crippen LogP contribution in [-0.2, 0) is 10.2 Å². The van der Waals surface area contributed by atoms with Crippen molar-refractivity contribution < 1.29 is 9.53 Å². The molecule has 1 fully saturated rings. The fourth-order valence-electron chi connectivity index (χ4n) is 3.21. The van der Waals surface area contributed by atoms with Gasteiger partial charge in [-0.15, -0.1) is 0 Å². The molecule has 19 heavy (non-hydrogen) atoms. The van der Waals surface area contributed by atoms with E-state index in [1.165, 1.54) is 18.4 Å². The number of hydrogen-bond donors (Lipinski definition) is 2.